The number of guanidine groups is 1. The molecule has 104 valence electrons. The number of aliphatic imine (C=N–C) groups is 1. The molecule has 0 saturated heterocycles. The van der Waals surface area contributed by atoms with Crippen LogP contribution in [0.25, 0.3) is 0 Å². The third-order valence-electron chi connectivity index (χ3n) is 2.92. The van der Waals surface area contributed by atoms with Crippen LogP contribution in [0, 0.1) is 5.41 Å². The highest BCUT2D eigenvalue weighted by molar-refractivity contribution is 5.92. The number of nitrogens with two attached hydrogens (primary N) is 2. The van der Waals surface area contributed by atoms with E-state index >= 15 is 0 Å². The first-order valence-electron chi connectivity index (χ1n) is 6.31. The summed E-state index contributed by atoms with van der Waals surface area (Å²) >= 11 is 0. The summed E-state index contributed by atoms with van der Waals surface area (Å²) in [7, 11) is 0. The van der Waals surface area contributed by atoms with Crippen LogP contribution in [0.5, 0.6) is 0 Å². The van der Waals surface area contributed by atoms with Gasteiger partial charge in [0.2, 0.25) is 5.91 Å². The van der Waals surface area contributed by atoms with Gasteiger partial charge >= 0.3 is 0 Å². The Labute approximate surface area is 114 Å². The lowest BCUT2D eigenvalue weighted by Crippen LogP contribution is -2.35. The van der Waals surface area contributed by atoms with E-state index < -0.39 is 11.3 Å². The Bertz CT molecular complexity index is 480. The molecular formula is C14H22N4O. The van der Waals surface area contributed by atoms with E-state index in [2.05, 4.69) is 23.3 Å². The monoisotopic (exact) mass is 262 g/mol. The molecular weight excluding hydrogens is 240 g/mol. The van der Waals surface area contributed by atoms with E-state index in [0.717, 1.165) is 12.1 Å². The van der Waals surface area contributed by atoms with Crippen LogP contribution in [-0.4, -0.2) is 18.4 Å². The molecule has 19 heavy (non-hydrogen) atoms. The van der Waals surface area contributed by atoms with Crippen molar-refractivity contribution in [2.45, 2.75) is 27.2 Å². The van der Waals surface area contributed by atoms with Crippen molar-refractivity contribution in [1.29, 1.82) is 0 Å². The van der Waals surface area contributed by atoms with Crippen LogP contribution in [-0.2, 0) is 11.2 Å². The number of nitrogens with zero attached hydrogens (tertiary/aromatic N) is 1. The Balaban J connectivity index is 2.68. The Morgan fingerprint density at radius 3 is 2.63 bits per heavy atom. The molecule has 0 atom stereocenters. The number of carbonyl (C=O) groups excluding carboxylic acids is 1. The first-order valence-corrected chi connectivity index (χ1v) is 6.31. The topological polar surface area (TPSA) is 93.5 Å². The molecule has 0 radical (unpaired) electrons. The molecule has 1 rings (SSSR count). The number of anilines is 1. The standard InChI is InChI=1S/C14H22N4O/c1-4-10-6-5-7-11(8-10)18-13(16)17-9-14(2,3)12(15)19/h5-8H,4,9H2,1-3H3,(H2,15,19)(H3,16,17,18). The molecule has 1 aromatic carbocycles. The van der Waals surface area contributed by atoms with Gasteiger partial charge < -0.3 is 16.8 Å². The van der Waals surface area contributed by atoms with Gasteiger partial charge in [-0.1, -0.05) is 19.1 Å². The van der Waals surface area contributed by atoms with Crippen molar-refractivity contribution in [2.75, 3.05) is 11.9 Å². The van der Waals surface area contributed by atoms with E-state index in [0.29, 0.717) is 0 Å². The summed E-state index contributed by atoms with van der Waals surface area (Å²) in [6.45, 7) is 5.83. The van der Waals surface area contributed by atoms with E-state index in [4.69, 9.17) is 11.5 Å². The van der Waals surface area contributed by atoms with Crippen molar-refractivity contribution in [3.05, 3.63) is 29.8 Å². The van der Waals surface area contributed by atoms with Crippen LogP contribution in [0.3, 0.4) is 0 Å². The van der Waals surface area contributed by atoms with Gasteiger partial charge in [0.05, 0.1) is 12.0 Å². The molecule has 0 aliphatic rings. The molecule has 0 spiro atoms. The Morgan fingerprint density at radius 2 is 2.05 bits per heavy atom. The molecule has 0 bridgehead atoms. The molecule has 5 N–H and O–H groups in total. The molecule has 0 aromatic heterocycles. The Kier molecular flexibility index (Phi) is 4.92. The minimum atomic E-state index is -0.697. The van der Waals surface area contributed by atoms with Gasteiger partial charge in [-0.05, 0) is 38.0 Å². The Morgan fingerprint density at radius 1 is 1.37 bits per heavy atom. The number of nitrogens with one attached hydrogen (secondary N) is 1. The quantitative estimate of drug-likeness (QED) is 0.554. The fourth-order valence-corrected chi connectivity index (χ4v) is 1.42. The van der Waals surface area contributed by atoms with Gasteiger partial charge in [0.25, 0.3) is 0 Å². The molecule has 0 aliphatic heterocycles. The number of carbonyl (C=O) groups is 1. The van der Waals surface area contributed by atoms with Crippen LogP contribution in [0.2, 0.25) is 0 Å². The van der Waals surface area contributed by atoms with E-state index in [1.54, 1.807) is 13.8 Å². The van der Waals surface area contributed by atoms with Crippen LogP contribution in [0.15, 0.2) is 29.3 Å². The van der Waals surface area contributed by atoms with Gasteiger partial charge in [0.15, 0.2) is 5.96 Å². The number of benzene rings is 1. The smallest absolute Gasteiger partial charge is 0.224 e. The van der Waals surface area contributed by atoms with Gasteiger partial charge in [-0.3, -0.25) is 9.79 Å². The van der Waals surface area contributed by atoms with Crippen LogP contribution >= 0.6 is 0 Å². The maximum atomic E-state index is 11.2. The second kappa shape index (κ2) is 6.22. The van der Waals surface area contributed by atoms with Crippen molar-refractivity contribution in [3.63, 3.8) is 0 Å². The summed E-state index contributed by atoms with van der Waals surface area (Å²) in [6.07, 6.45) is 0.960. The van der Waals surface area contributed by atoms with Crippen molar-refractivity contribution >= 4 is 17.6 Å². The van der Waals surface area contributed by atoms with E-state index in [1.165, 1.54) is 5.56 Å². The third-order valence-corrected chi connectivity index (χ3v) is 2.92. The fourth-order valence-electron chi connectivity index (χ4n) is 1.42. The lowest BCUT2D eigenvalue weighted by molar-refractivity contribution is -0.125. The lowest BCUT2D eigenvalue weighted by Gasteiger charge is -2.17. The second-order valence-corrected chi connectivity index (χ2v) is 5.13. The summed E-state index contributed by atoms with van der Waals surface area (Å²) in [5.41, 5.74) is 12.5. The van der Waals surface area contributed by atoms with Gasteiger partial charge in [0.1, 0.15) is 0 Å². The number of amides is 1. The highest BCUT2D eigenvalue weighted by Crippen LogP contribution is 2.14. The number of rotatable bonds is 5. The maximum absolute atomic E-state index is 11.2. The van der Waals surface area contributed by atoms with Crippen molar-refractivity contribution < 1.29 is 4.79 Å². The first kappa shape index (κ1) is 15.0. The van der Waals surface area contributed by atoms with Crippen LogP contribution in [0.1, 0.15) is 26.3 Å². The maximum Gasteiger partial charge on any atom is 0.224 e. The minimum Gasteiger partial charge on any atom is -0.370 e. The molecule has 1 amide bonds. The first-order chi connectivity index (χ1) is 8.85. The average Bonchev–Trinajstić information content (AvgIpc) is 2.36. The normalized spacial score (nSPS) is 12.3. The van der Waals surface area contributed by atoms with Gasteiger partial charge in [-0.25, -0.2) is 0 Å². The zero-order valence-electron chi connectivity index (χ0n) is 11.7. The third kappa shape index (κ3) is 4.62. The van der Waals surface area contributed by atoms with E-state index in [1.807, 2.05) is 18.2 Å². The zero-order valence-corrected chi connectivity index (χ0v) is 11.7. The lowest BCUT2D eigenvalue weighted by atomic mass is 9.93. The largest absolute Gasteiger partial charge is 0.370 e. The predicted molar refractivity (Wildman–Crippen MR) is 78.9 cm³/mol. The molecule has 0 unspecified atom stereocenters. The molecule has 5 nitrogen and oxygen atoms in total. The molecule has 0 saturated carbocycles. The van der Waals surface area contributed by atoms with E-state index in [9.17, 15) is 4.79 Å². The van der Waals surface area contributed by atoms with Crippen LogP contribution < -0.4 is 16.8 Å². The van der Waals surface area contributed by atoms with E-state index in [-0.39, 0.29) is 12.5 Å². The second-order valence-electron chi connectivity index (χ2n) is 5.13. The molecule has 1 aromatic rings. The van der Waals surface area contributed by atoms with Gasteiger partial charge in [0, 0.05) is 5.69 Å². The zero-order chi connectivity index (χ0) is 14.5. The fraction of sp³-hybridized carbons (Fsp3) is 0.429. The number of hydrogen-bond donors (Lipinski definition) is 3. The summed E-state index contributed by atoms with van der Waals surface area (Å²) in [6, 6.07) is 7.94. The minimum absolute atomic E-state index is 0.259. The number of aryl methyl sites for hydroxylation is 1. The van der Waals surface area contributed by atoms with Gasteiger partial charge in [-0.15, -0.1) is 0 Å². The molecule has 0 heterocycles. The highest BCUT2D eigenvalue weighted by Gasteiger charge is 2.24. The summed E-state index contributed by atoms with van der Waals surface area (Å²) in [5.74, 6) is -0.111. The highest BCUT2D eigenvalue weighted by atomic mass is 16.1. The van der Waals surface area contributed by atoms with Gasteiger partial charge in [-0.2, -0.15) is 0 Å². The molecule has 0 fully saturated rings. The Hall–Kier alpha value is -2.04. The van der Waals surface area contributed by atoms with Crippen LogP contribution in [0.4, 0.5) is 5.69 Å². The van der Waals surface area contributed by atoms with Crippen molar-refractivity contribution in [3.8, 4) is 0 Å². The average molecular weight is 262 g/mol. The summed E-state index contributed by atoms with van der Waals surface area (Å²) < 4.78 is 0. The number of primary amides is 1. The SMILES string of the molecule is CCc1cccc(NC(N)=NCC(C)(C)C(N)=O)c1. The summed E-state index contributed by atoms with van der Waals surface area (Å²) in [5, 5.41) is 3.00. The van der Waals surface area contributed by atoms with Crippen molar-refractivity contribution in [2.24, 2.45) is 21.9 Å². The van der Waals surface area contributed by atoms with Crippen molar-refractivity contribution in [1.82, 2.24) is 0 Å². The summed E-state index contributed by atoms with van der Waals surface area (Å²) in [4.78, 5) is 15.3. The predicted octanol–water partition coefficient (Wildman–Crippen LogP) is 1.49. The molecule has 5 heteroatoms. The molecule has 0 aliphatic carbocycles. The number of hydrogen-bond acceptors (Lipinski definition) is 2.